The first-order chi connectivity index (χ1) is 11.2. The summed E-state index contributed by atoms with van der Waals surface area (Å²) in [5.74, 6) is 1.79. The highest BCUT2D eigenvalue weighted by molar-refractivity contribution is 5.75. The van der Waals surface area contributed by atoms with Gasteiger partial charge < -0.3 is 5.32 Å². The molecule has 3 aliphatic rings. The van der Waals surface area contributed by atoms with Gasteiger partial charge in [-0.25, -0.2) is 4.68 Å². The van der Waals surface area contributed by atoms with Crippen LogP contribution in [0.3, 0.4) is 0 Å². The lowest BCUT2D eigenvalue weighted by Crippen LogP contribution is -2.37. The molecule has 0 aliphatic heterocycles. The molecular weight excluding hydrogens is 290 g/mol. The van der Waals surface area contributed by atoms with Crippen molar-refractivity contribution in [1.29, 1.82) is 0 Å². The zero-order valence-electron chi connectivity index (χ0n) is 13.3. The molecule has 0 aromatic carbocycles. The predicted octanol–water partition coefficient (Wildman–Crippen LogP) is 1.45. The molecule has 4 rings (SSSR count). The SMILES string of the molecule is O=C(Cn1nc2c(cc1=O)CCCC2)NCC1CC2C=CC1C2. The molecule has 1 fully saturated rings. The number of amides is 1. The summed E-state index contributed by atoms with van der Waals surface area (Å²) in [7, 11) is 0. The molecule has 5 nitrogen and oxygen atoms in total. The molecule has 0 radical (unpaired) electrons. The van der Waals surface area contributed by atoms with Crippen molar-refractivity contribution in [3.8, 4) is 0 Å². The van der Waals surface area contributed by atoms with E-state index in [9.17, 15) is 9.59 Å². The second kappa shape index (κ2) is 5.95. The Hall–Kier alpha value is -1.91. The molecule has 3 unspecified atom stereocenters. The van der Waals surface area contributed by atoms with Crippen molar-refractivity contribution in [1.82, 2.24) is 15.1 Å². The summed E-state index contributed by atoms with van der Waals surface area (Å²) in [6.45, 7) is 0.743. The standard InChI is InChI=1S/C18H23N3O2/c22-17(19-10-15-8-12-5-6-13(15)7-12)11-21-18(23)9-14-3-1-2-4-16(14)20-21/h5-6,9,12-13,15H,1-4,7-8,10-11H2,(H,19,22). The van der Waals surface area contributed by atoms with Crippen molar-refractivity contribution in [3.63, 3.8) is 0 Å². The van der Waals surface area contributed by atoms with Crippen molar-refractivity contribution in [2.75, 3.05) is 6.54 Å². The van der Waals surface area contributed by atoms with Crippen LogP contribution in [-0.4, -0.2) is 22.2 Å². The molecule has 1 N–H and O–H groups in total. The van der Waals surface area contributed by atoms with Crippen LogP contribution in [0.4, 0.5) is 0 Å². The van der Waals surface area contributed by atoms with Gasteiger partial charge in [0, 0.05) is 12.6 Å². The van der Waals surface area contributed by atoms with Crippen LogP contribution in [0.15, 0.2) is 23.0 Å². The van der Waals surface area contributed by atoms with E-state index in [1.807, 2.05) is 0 Å². The maximum absolute atomic E-state index is 12.2. The maximum atomic E-state index is 12.2. The molecular formula is C18H23N3O2. The number of rotatable bonds is 4. The monoisotopic (exact) mass is 313 g/mol. The van der Waals surface area contributed by atoms with Crippen LogP contribution < -0.4 is 10.9 Å². The second-order valence-corrected chi connectivity index (χ2v) is 7.16. The normalized spacial score (nSPS) is 27.9. The summed E-state index contributed by atoms with van der Waals surface area (Å²) < 4.78 is 1.32. The fourth-order valence-electron chi connectivity index (χ4n) is 4.28. The van der Waals surface area contributed by atoms with E-state index >= 15 is 0 Å². The van der Waals surface area contributed by atoms with Crippen LogP contribution >= 0.6 is 0 Å². The molecule has 1 saturated carbocycles. The summed E-state index contributed by atoms with van der Waals surface area (Å²) in [4.78, 5) is 24.3. The average Bonchev–Trinajstić information content (AvgIpc) is 3.16. The van der Waals surface area contributed by atoms with Crippen molar-refractivity contribution in [2.24, 2.45) is 17.8 Å². The molecule has 3 aliphatic carbocycles. The van der Waals surface area contributed by atoms with Gasteiger partial charge in [0.2, 0.25) is 5.91 Å². The fraction of sp³-hybridized carbons (Fsp3) is 0.611. The Labute approximate surface area is 135 Å². The summed E-state index contributed by atoms with van der Waals surface area (Å²) in [6, 6.07) is 1.66. The van der Waals surface area contributed by atoms with E-state index in [4.69, 9.17) is 0 Å². The van der Waals surface area contributed by atoms with Gasteiger partial charge in [0.1, 0.15) is 6.54 Å². The number of allylic oxidation sites excluding steroid dienone is 2. The second-order valence-electron chi connectivity index (χ2n) is 7.16. The van der Waals surface area contributed by atoms with Crippen LogP contribution in [0.5, 0.6) is 0 Å². The van der Waals surface area contributed by atoms with E-state index in [1.165, 1.54) is 17.5 Å². The molecule has 1 amide bonds. The van der Waals surface area contributed by atoms with Crippen LogP contribution in [0.2, 0.25) is 0 Å². The van der Waals surface area contributed by atoms with Gasteiger partial charge in [0.15, 0.2) is 0 Å². The van der Waals surface area contributed by atoms with E-state index in [2.05, 4.69) is 22.6 Å². The smallest absolute Gasteiger partial charge is 0.267 e. The van der Waals surface area contributed by atoms with E-state index in [0.717, 1.165) is 36.9 Å². The van der Waals surface area contributed by atoms with Gasteiger partial charge in [-0.2, -0.15) is 5.10 Å². The number of carbonyl (C=O) groups is 1. The molecule has 0 saturated heterocycles. The van der Waals surface area contributed by atoms with Gasteiger partial charge in [-0.15, -0.1) is 0 Å². The van der Waals surface area contributed by atoms with Gasteiger partial charge in [-0.05, 0) is 61.8 Å². The summed E-state index contributed by atoms with van der Waals surface area (Å²) in [6.07, 6.45) is 11.1. The molecule has 5 heteroatoms. The van der Waals surface area contributed by atoms with Gasteiger partial charge in [0.05, 0.1) is 5.69 Å². The molecule has 0 spiro atoms. The molecule has 122 valence electrons. The van der Waals surface area contributed by atoms with Gasteiger partial charge in [-0.3, -0.25) is 9.59 Å². The quantitative estimate of drug-likeness (QED) is 0.856. The molecule has 2 bridgehead atoms. The predicted molar refractivity (Wildman–Crippen MR) is 87.0 cm³/mol. The minimum atomic E-state index is -0.163. The Morgan fingerprint density at radius 3 is 2.91 bits per heavy atom. The first kappa shape index (κ1) is 14.7. The first-order valence-corrected chi connectivity index (χ1v) is 8.74. The Balaban J connectivity index is 1.37. The number of aromatic nitrogens is 2. The third kappa shape index (κ3) is 2.96. The Morgan fingerprint density at radius 2 is 2.13 bits per heavy atom. The third-order valence-electron chi connectivity index (χ3n) is 5.55. The lowest BCUT2D eigenvalue weighted by atomic mass is 9.94. The number of hydrogen-bond donors (Lipinski definition) is 1. The van der Waals surface area contributed by atoms with Gasteiger partial charge >= 0.3 is 0 Å². The number of carbonyl (C=O) groups excluding carboxylic acids is 1. The minimum Gasteiger partial charge on any atom is -0.354 e. The number of aryl methyl sites for hydroxylation is 2. The number of hydrogen-bond acceptors (Lipinski definition) is 3. The van der Waals surface area contributed by atoms with Crippen LogP contribution in [0, 0.1) is 17.8 Å². The van der Waals surface area contributed by atoms with Crippen LogP contribution in [0.25, 0.3) is 0 Å². The largest absolute Gasteiger partial charge is 0.354 e. The summed E-state index contributed by atoms with van der Waals surface area (Å²) in [5.41, 5.74) is 1.89. The average molecular weight is 313 g/mol. The number of nitrogens with one attached hydrogen (secondary N) is 1. The molecule has 1 heterocycles. The lowest BCUT2D eigenvalue weighted by Gasteiger charge is -2.19. The van der Waals surface area contributed by atoms with Crippen LogP contribution in [-0.2, 0) is 24.2 Å². The highest BCUT2D eigenvalue weighted by atomic mass is 16.2. The lowest BCUT2D eigenvalue weighted by molar-refractivity contribution is -0.122. The Bertz CT molecular complexity index is 707. The van der Waals surface area contributed by atoms with E-state index < -0.39 is 0 Å². The molecule has 1 aromatic rings. The molecule has 23 heavy (non-hydrogen) atoms. The van der Waals surface area contributed by atoms with Crippen LogP contribution in [0.1, 0.15) is 36.9 Å². The molecule has 3 atom stereocenters. The Morgan fingerprint density at radius 1 is 1.26 bits per heavy atom. The number of fused-ring (bicyclic) bond motifs is 3. The minimum absolute atomic E-state index is 0.0305. The van der Waals surface area contributed by atoms with E-state index in [1.54, 1.807) is 6.07 Å². The Kier molecular flexibility index (Phi) is 3.79. The number of nitrogens with zero attached hydrogens (tertiary/aromatic N) is 2. The van der Waals surface area contributed by atoms with Crippen molar-refractivity contribution in [3.05, 3.63) is 39.8 Å². The highest BCUT2D eigenvalue weighted by Crippen LogP contribution is 2.42. The van der Waals surface area contributed by atoms with Gasteiger partial charge in [0.25, 0.3) is 5.56 Å². The fourth-order valence-corrected chi connectivity index (χ4v) is 4.28. The third-order valence-corrected chi connectivity index (χ3v) is 5.55. The zero-order chi connectivity index (χ0) is 15.8. The van der Waals surface area contributed by atoms with E-state index in [-0.39, 0.29) is 18.0 Å². The first-order valence-electron chi connectivity index (χ1n) is 8.74. The van der Waals surface area contributed by atoms with Crippen molar-refractivity contribution < 1.29 is 4.79 Å². The molecule has 1 aromatic heterocycles. The summed E-state index contributed by atoms with van der Waals surface area (Å²) >= 11 is 0. The van der Waals surface area contributed by atoms with Crippen molar-refractivity contribution >= 4 is 5.91 Å². The summed E-state index contributed by atoms with van der Waals surface area (Å²) in [5, 5.41) is 7.40. The maximum Gasteiger partial charge on any atom is 0.267 e. The topological polar surface area (TPSA) is 64.0 Å². The van der Waals surface area contributed by atoms with E-state index in [0.29, 0.717) is 24.3 Å². The highest BCUT2D eigenvalue weighted by Gasteiger charge is 2.35. The van der Waals surface area contributed by atoms with Crippen molar-refractivity contribution in [2.45, 2.75) is 45.1 Å². The zero-order valence-corrected chi connectivity index (χ0v) is 13.3. The van der Waals surface area contributed by atoms with Gasteiger partial charge in [-0.1, -0.05) is 12.2 Å².